The lowest BCUT2D eigenvalue weighted by Crippen LogP contribution is -2.36. The van der Waals surface area contributed by atoms with E-state index in [1.54, 1.807) is 0 Å². The molecule has 0 aliphatic carbocycles. The predicted octanol–water partition coefficient (Wildman–Crippen LogP) is -0.944. The van der Waals surface area contributed by atoms with Gasteiger partial charge in [0.2, 0.25) is 0 Å². The van der Waals surface area contributed by atoms with Gasteiger partial charge in [-0.25, -0.2) is 4.39 Å². The Kier molecular flexibility index (Phi) is 1.40. The summed E-state index contributed by atoms with van der Waals surface area (Å²) in [5.74, 6) is 0. The van der Waals surface area contributed by atoms with Crippen LogP contribution in [0.4, 0.5) is 4.39 Å². The first-order chi connectivity index (χ1) is 4.79. The van der Waals surface area contributed by atoms with Gasteiger partial charge in [0.1, 0.15) is 12.3 Å². The van der Waals surface area contributed by atoms with Crippen molar-refractivity contribution in [3.8, 4) is 0 Å². The van der Waals surface area contributed by atoms with Gasteiger partial charge < -0.3 is 15.2 Å². The highest BCUT2D eigenvalue weighted by Crippen LogP contribution is 2.23. The molecule has 2 aliphatic rings. The molecule has 10 heavy (non-hydrogen) atoms. The van der Waals surface area contributed by atoms with Gasteiger partial charge in [-0.05, 0) is 0 Å². The third-order valence-corrected chi connectivity index (χ3v) is 2.13. The van der Waals surface area contributed by atoms with Crippen LogP contribution in [0.25, 0.3) is 0 Å². The molecule has 0 aromatic heterocycles. The van der Waals surface area contributed by atoms with E-state index in [1.165, 1.54) is 0 Å². The van der Waals surface area contributed by atoms with Crippen LogP contribution in [0.5, 0.6) is 0 Å². The summed E-state index contributed by atoms with van der Waals surface area (Å²) in [6.45, 7) is 0.579. The number of alkyl halides is 1. The molecular formula is C6H10FNO2. The van der Waals surface area contributed by atoms with Crippen LogP contribution in [0.1, 0.15) is 0 Å². The average Bonchev–Trinajstić information content (AvgIpc) is 2.41. The Bertz CT molecular complexity index is 128. The van der Waals surface area contributed by atoms with Crippen LogP contribution < -0.4 is 5.32 Å². The standard InChI is InChI=1S/C6H10FNO2/c7-3-1-8-5-4(9)2-10-6(3)5/h3-6,8-9H,1-2H2/t3-,4+,5-,6?/m1/s1. The minimum Gasteiger partial charge on any atom is -0.389 e. The fourth-order valence-corrected chi connectivity index (χ4v) is 1.58. The molecule has 0 amide bonds. The highest BCUT2D eigenvalue weighted by atomic mass is 19.1. The molecule has 0 radical (unpaired) electrons. The molecule has 0 bridgehead atoms. The second kappa shape index (κ2) is 2.15. The number of halogens is 1. The van der Waals surface area contributed by atoms with Gasteiger partial charge in [0.25, 0.3) is 0 Å². The van der Waals surface area contributed by atoms with E-state index in [2.05, 4.69) is 5.32 Å². The summed E-state index contributed by atoms with van der Waals surface area (Å²) in [7, 11) is 0. The summed E-state index contributed by atoms with van der Waals surface area (Å²) >= 11 is 0. The Morgan fingerprint density at radius 1 is 1.60 bits per heavy atom. The van der Waals surface area contributed by atoms with E-state index in [0.717, 1.165) is 0 Å². The van der Waals surface area contributed by atoms with E-state index in [-0.39, 0.29) is 12.6 Å². The van der Waals surface area contributed by atoms with Crippen LogP contribution in [-0.2, 0) is 4.74 Å². The number of ether oxygens (including phenoxy) is 1. The van der Waals surface area contributed by atoms with Crippen molar-refractivity contribution >= 4 is 0 Å². The smallest absolute Gasteiger partial charge is 0.140 e. The Morgan fingerprint density at radius 2 is 2.40 bits per heavy atom. The number of fused-ring (bicyclic) bond motifs is 1. The van der Waals surface area contributed by atoms with Gasteiger partial charge in [0.15, 0.2) is 0 Å². The van der Waals surface area contributed by atoms with Gasteiger partial charge in [-0.15, -0.1) is 0 Å². The van der Waals surface area contributed by atoms with E-state index in [4.69, 9.17) is 9.84 Å². The van der Waals surface area contributed by atoms with E-state index in [9.17, 15) is 4.39 Å². The molecule has 0 saturated carbocycles. The van der Waals surface area contributed by atoms with Crippen molar-refractivity contribution in [2.24, 2.45) is 0 Å². The normalized spacial score (nSPS) is 53.4. The molecule has 2 saturated heterocycles. The van der Waals surface area contributed by atoms with Crippen LogP contribution >= 0.6 is 0 Å². The first-order valence-corrected chi connectivity index (χ1v) is 3.46. The second-order valence-electron chi connectivity index (χ2n) is 2.82. The third kappa shape index (κ3) is 0.761. The maximum Gasteiger partial charge on any atom is 0.140 e. The van der Waals surface area contributed by atoms with Crippen molar-refractivity contribution in [3.05, 3.63) is 0 Å². The fraction of sp³-hybridized carbons (Fsp3) is 1.00. The molecule has 0 aromatic rings. The Labute approximate surface area is 58.2 Å². The minimum atomic E-state index is -0.942. The number of rotatable bonds is 0. The molecule has 58 valence electrons. The van der Waals surface area contributed by atoms with Crippen LogP contribution in [0, 0.1) is 0 Å². The lowest BCUT2D eigenvalue weighted by Gasteiger charge is -2.09. The Morgan fingerprint density at radius 3 is 3.10 bits per heavy atom. The summed E-state index contributed by atoms with van der Waals surface area (Å²) in [6.07, 6.45) is -1.87. The number of nitrogens with one attached hydrogen (secondary N) is 1. The molecule has 4 atom stereocenters. The Hall–Kier alpha value is -0.190. The minimum absolute atomic E-state index is 0.171. The molecule has 1 unspecified atom stereocenters. The maximum atomic E-state index is 12.8. The van der Waals surface area contributed by atoms with Gasteiger partial charge >= 0.3 is 0 Å². The van der Waals surface area contributed by atoms with Crippen molar-refractivity contribution in [1.29, 1.82) is 0 Å². The van der Waals surface area contributed by atoms with E-state index >= 15 is 0 Å². The van der Waals surface area contributed by atoms with Crippen LogP contribution in [0.2, 0.25) is 0 Å². The molecule has 2 N–H and O–H groups in total. The van der Waals surface area contributed by atoms with Crippen LogP contribution in [0.3, 0.4) is 0 Å². The molecule has 2 aliphatic heterocycles. The molecule has 0 aromatic carbocycles. The summed E-state index contributed by atoms with van der Waals surface area (Å²) in [5, 5.41) is 12.0. The van der Waals surface area contributed by atoms with Crippen molar-refractivity contribution in [3.63, 3.8) is 0 Å². The molecule has 2 fully saturated rings. The second-order valence-corrected chi connectivity index (χ2v) is 2.82. The van der Waals surface area contributed by atoms with Crippen LogP contribution in [0.15, 0.2) is 0 Å². The number of aliphatic hydroxyl groups is 1. The molecular weight excluding hydrogens is 137 g/mol. The van der Waals surface area contributed by atoms with Gasteiger partial charge in [-0.2, -0.15) is 0 Å². The molecule has 0 spiro atoms. The largest absolute Gasteiger partial charge is 0.389 e. The van der Waals surface area contributed by atoms with Gasteiger partial charge in [0, 0.05) is 6.54 Å². The van der Waals surface area contributed by atoms with Crippen molar-refractivity contribution in [2.75, 3.05) is 13.2 Å². The van der Waals surface area contributed by atoms with E-state index < -0.39 is 18.4 Å². The average molecular weight is 147 g/mol. The molecule has 2 heterocycles. The molecule has 4 heteroatoms. The molecule has 2 rings (SSSR count). The van der Waals surface area contributed by atoms with Gasteiger partial charge in [0.05, 0.1) is 18.8 Å². The quantitative estimate of drug-likeness (QED) is 0.464. The van der Waals surface area contributed by atoms with E-state index in [1.807, 2.05) is 0 Å². The monoisotopic (exact) mass is 147 g/mol. The third-order valence-electron chi connectivity index (χ3n) is 2.13. The van der Waals surface area contributed by atoms with Crippen molar-refractivity contribution in [2.45, 2.75) is 24.4 Å². The predicted molar refractivity (Wildman–Crippen MR) is 32.4 cm³/mol. The highest BCUT2D eigenvalue weighted by molar-refractivity contribution is 4.99. The van der Waals surface area contributed by atoms with Crippen molar-refractivity contribution in [1.82, 2.24) is 5.32 Å². The zero-order chi connectivity index (χ0) is 7.14. The summed E-state index contributed by atoms with van der Waals surface area (Å²) in [4.78, 5) is 0. The topological polar surface area (TPSA) is 41.5 Å². The summed E-state index contributed by atoms with van der Waals surface area (Å²) in [5.41, 5.74) is 0. The lowest BCUT2D eigenvalue weighted by atomic mass is 10.1. The number of hydrogen-bond donors (Lipinski definition) is 2. The Balaban J connectivity index is 2.09. The lowest BCUT2D eigenvalue weighted by molar-refractivity contribution is 0.0496. The van der Waals surface area contributed by atoms with Crippen molar-refractivity contribution < 1.29 is 14.2 Å². The first kappa shape index (κ1) is 6.52. The number of aliphatic hydroxyl groups excluding tert-OH is 1. The molecule has 3 nitrogen and oxygen atoms in total. The maximum absolute atomic E-state index is 12.8. The van der Waals surface area contributed by atoms with Gasteiger partial charge in [-0.3, -0.25) is 0 Å². The zero-order valence-corrected chi connectivity index (χ0v) is 5.46. The van der Waals surface area contributed by atoms with Crippen LogP contribution in [-0.4, -0.2) is 42.7 Å². The fourth-order valence-electron chi connectivity index (χ4n) is 1.58. The van der Waals surface area contributed by atoms with E-state index in [0.29, 0.717) is 6.54 Å². The van der Waals surface area contributed by atoms with Gasteiger partial charge in [-0.1, -0.05) is 0 Å². The zero-order valence-electron chi connectivity index (χ0n) is 5.46. The summed E-state index contributed by atoms with van der Waals surface area (Å²) in [6, 6.07) is -0.171. The summed E-state index contributed by atoms with van der Waals surface area (Å²) < 4.78 is 17.8. The first-order valence-electron chi connectivity index (χ1n) is 3.46. The SMILES string of the molecule is O[C@H]1COC2[C@H](F)CN[C@@H]21. The highest BCUT2D eigenvalue weighted by Gasteiger charge is 2.45. The number of hydrogen-bond acceptors (Lipinski definition) is 3.